The summed E-state index contributed by atoms with van der Waals surface area (Å²) in [6, 6.07) is 8.45. The third-order valence-electron chi connectivity index (χ3n) is 2.54. The zero-order chi connectivity index (χ0) is 12.0. The van der Waals surface area contributed by atoms with Crippen LogP contribution < -0.4 is 0 Å². The number of aldehydes is 1. The van der Waals surface area contributed by atoms with Crippen molar-refractivity contribution in [1.82, 2.24) is 0 Å². The summed E-state index contributed by atoms with van der Waals surface area (Å²) < 4.78 is 0. The summed E-state index contributed by atoms with van der Waals surface area (Å²) in [5.41, 5.74) is 3.31. The van der Waals surface area contributed by atoms with E-state index >= 15 is 0 Å². The highest BCUT2D eigenvalue weighted by atomic mass is 16.1. The van der Waals surface area contributed by atoms with Gasteiger partial charge in [-0.25, -0.2) is 0 Å². The van der Waals surface area contributed by atoms with Crippen LogP contribution in [0.15, 0.2) is 29.8 Å². The lowest BCUT2D eigenvalue weighted by molar-refractivity contribution is -0.104. The van der Waals surface area contributed by atoms with Crippen LogP contribution in [-0.2, 0) is 11.2 Å². The van der Waals surface area contributed by atoms with E-state index < -0.39 is 0 Å². The Bertz CT molecular complexity index is 358. The maximum Gasteiger partial charge on any atom is 0.146 e. The zero-order valence-electron chi connectivity index (χ0n) is 10.4. The summed E-state index contributed by atoms with van der Waals surface area (Å²) in [6.07, 6.45) is 4.78. The molecule has 0 spiro atoms. The minimum Gasteiger partial charge on any atom is -0.298 e. The van der Waals surface area contributed by atoms with E-state index in [0.29, 0.717) is 5.92 Å². The molecule has 0 saturated carbocycles. The molecule has 0 fully saturated rings. The minimum atomic E-state index is 0.683. The molecule has 0 aromatic heterocycles. The molecule has 0 saturated heterocycles. The maximum atomic E-state index is 10.7. The Labute approximate surface area is 98.2 Å². The van der Waals surface area contributed by atoms with Gasteiger partial charge in [0.2, 0.25) is 0 Å². The molecule has 0 aliphatic carbocycles. The largest absolute Gasteiger partial charge is 0.298 e. The van der Waals surface area contributed by atoms with E-state index in [1.54, 1.807) is 0 Å². The lowest BCUT2D eigenvalue weighted by atomic mass is 10.0. The van der Waals surface area contributed by atoms with E-state index in [2.05, 4.69) is 38.1 Å². The quantitative estimate of drug-likeness (QED) is 0.539. The fraction of sp³-hybridized carbons (Fsp3) is 0.400. The van der Waals surface area contributed by atoms with E-state index in [-0.39, 0.29) is 0 Å². The van der Waals surface area contributed by atoms with E-state index in [0.717, 1.165) is 30.3 Å². The van der Waals surface area contributed by atoms with Crippen molar-refractivity contribution in [2.45, 2.75) is 33.6 Å². The van der Waals surface area contributed by atoms with Gasteiger partial charge in [0.25, 0.3) is 0 Å². The molecule has 1 heteroatoms. The normalized spacial score (nSPS) is 11.9. The zero-order valence-corrected chi connectivity index (χ0v) is 10.4. The first kappa shape index (κ1) is 12.7. The lowest BCUT2D eigenvalue weighted by Gasteiger charge is -2.05. The molecule has 1 aromatic rings. The molecular formula is C15H20O. The molecule has 0 bridgehead atoms. The molecule has 0 atom stereocenters. The van der Waals surface area contributed by atoms with Crippen LogP contribution in [0.4, 0.5) is 0 Å². The Morgan fingerprint density at radius 3 is 2.31 bits per heavy atom. The van der Waals surface area contributed by atoms with Gasteiger partial charge in [0.15, 0.2) is 0 Å². The smallest absolute Gasteiger partial charge is 0.146 e. The Hall–Kier alpha value is -1.37. The van der Waals surface area contributed by atoms with Crippen LogP contribution in [0.1, 0.15) is 38.3 Å². The summed E-state index contributed by atoms with van der Waals surface area (Å²) in [6.45, 7) is 6.43. The average Bonchev–Trinajstić information content (AvgIpc) is 2.27. The summed E-state index contributed by atoms with van der Waals surface area (Å²) in [5.74, 6) is 0.683. The topological polar surface area (TPSA) is 17.1 Å². The van der Waals surface area contributed by atoms with E-state index in [1.807, 2.05) is 13.0 Å². The van der Waals surface area contributed by atoms with E-state index in [1.165, 1.54) is 5.56 Å². The van der Waals surface area contributed by atoms with Gasteiger partial charge in [-0.2, -0.15) is 0 Å². The molecule has 16 heavy (non-hydrogen) atoms. The lowest BCUT2D eigenvalue weighted by Crippen LogP contribution is -1.93. The van der Waals surface area contributed by atoms with Crippen molar-refractivity contribution >= 4 is 12.4 Å². The molecule has 0 radical (unpaired) electrons. The van der Waals surface area contributed by atoms with E-state index in [9.17, 15) is 4.79 Å². The minimum absolute atomic E-state index is 0.683. The second-order valence-electron chi connectivity index (χ2n) is 4.53. The van der Waals surface area contributed by atoms with Gasteiger partial charge in [-0.3, -0.25) is 4.79 Å². The first-order valence-electron chi connectivity index (χ1n) is 5.90. The maximum absolute atomic E-state index is 10.7. The van der Waals surface area contributed by atoms with Gasteiger partial charge in [-0.15, -0.1) is 0 Å². The Morgan fingerprint density at radius 2 is 1.88 bits per heavy atom. The fourth-order valence-electron chi connectivity index (χ4n) is 1.65. The highest BCUT2D eigenvalue weighted by Crippen LogP contribution is 2.12. The number of carbonyl (C=O) groups is 1. The van der Waals surface area contributed by atoms with Gasteiger partial charge in [-0.1, -0.05) is 45.0 Å². The summed E-state index contributed by atoms with van der Waals surface area (Å²) in [7, 11) is 0. The van der Waals surface area contributed by atoms with E-state index in [4.69, 9.17) is 0 Å². The number of hydrogen-bond acceptors (Lipinski definition) is 1. The van der Waals surface area contributed by atoms with Crippen molar-refractivity contribution in [2.24, 2.45) is 5.92 Å². The highest BCUT2D eigenvalue weighted by Gasteiger charge is 1.98. The number of carbonyl (C=O) groups excluding carboxylic acids is 1. The highest BCUT2D eigenvalue weighted by molar-refractivity contribution is 5.81. The number of benzene rings is 1. The van der Waals surface area contributed by atoms with Gasteiger partial charge >= 0.3 is 0 Å². The van der Waals surface area contributed by atoms with Crippen LogP contribution in [0, 0.1) is 5.92 Å². The number of allylic oxidation sites excluding steroid dienone is 1. The van der Waals surface area contributed by atoms with Crippen molar-refractivity contribution in [1.29, 1.82) is 0 Å². The van der Waals surface area contributed by atoms with Crippen LogP contribution in [-0.4, -0.2) is 6.29 Å². The third-order valence-corrected chi connectivity index (χ3v) is 2.54. The first-order chi connectivity index (χ1) is 7.65. The van der Waals surface area contributed by atoms with Gasteiger partial charge in [0.05, 0.1) is 0 Å². The van der Waals surface area contributed by atoms with Crippen LogP contribution in [0.2, 0.25) is 0 Å². The molecule has 0 aliphatic rings. The van der Waals surface area contributed by atoms with Gasteiger partial charge in [0, 0.05) is 0 Å². The average molecular weight is 216 g/mol. The van der Waals surface area contributed by atoms with Gasteiger partial charge in [0.1, 0.15) is 6.29 Å². The van der Waals surface area contributed by atoms with Crippen LogP contribution >= 0.6 is 0 Å². The number of hydrogen-bond donors (Lipinski definition) is 0. The molecule has 1 nitrogen and oxygen atoms in total. The molecule has 0 amide bonds. The second kappa shape index (κ2) is 6.26. The second-order valence-corrected chi connectivity index (χ2v) is 4.53. The fourth-order valence-corrected chi connectivity index (χ4v) is 1.65. The Balaban J connectivity index is 2.78. The third kappa shape index (κ3) is 4.01. The standard InChI is InChI=1S/C15H20O/c1-4-13(11-16)10-15-7-5-14(6-8-15)9-12(2)3/h5-8,10-12H,4,9H2,1-3H3. The van der Waals surface area contributed by atoms with Crippen molar-refractivity contribution in [3.63, 3.8) is 0 Å². The molecule has 0 heterocycles. The van der Waals surface area contributed by atoms with Gasteiger partial charge in [-0.05, 0) is 41.5 Å². The van der Waals surface area contributed by atoms with Crippen molar-refractivity contribution in [2.75, 3.05) is 0 Å². The van der Waals surface area contributed by atoms with Crippen molar-refractivity contribution in [3.05, 3.63) is 41.0 Å². The summed E-state index contributed by atoms with van der Waals surface area (Å²) in [4.78, 5) is 10.7. The number of rotatable bonds is 5. The molecule has 0 aliphatic heterocycles. The van der Waals surface area contributed by atoms with Crippen LogP contribution in [0.25, 0.3) is 6.08 Å². The van der Waals surface area contributed by atoms with Crippen molar-refractivity contribution in [3.8, 4) is 0 Å². The Morgan fingerprint density at radius 1 is 1.25 bits per heavy atom. The molecule has 1 rings (SSSR count). The van der Waals surface area contributed by atoms with Crippen LogP contribution in [0.3, 0.4) is 0 Å². The molecular weight excluding hydrogens is 196 g/mol. The van der Waals surface area contributed by atoms with Gasteiger partial charge < -0.3 is 0 Å². The molecule has 0 unspecified atom stereocenters. The summed E-state index contributed by atoms with van der Waals surface area (Å²) >= 11 is 0. The SMILES string of the molecule is CCC(C=O)=Cc1ccc(CC(C)C)cc1. The molecule has 1 aromatic carbocycles. The predicted molar refractivity (Wildman–Crippen MR) is 69.3 cm³/mol. The van der Waals surface area contributed by atoms with Crippen LogP contribution in [0.5, 0.6) is 0 Å². The monoisotopic (exact) mass is 216 g/mol. The Kier molecular flexibility index (Phi) is 4.97. The molecule has 86 valence electrons. The first-order valence-corrected chi connectivity index (χ1v) is 5.90. The predicted octanol–water partition coefficient (Wildman–Crippen LogP) is 3.88. The van der Waals surface area contributed by atoms with Crippen molar-refractivity contribution < 1.29 is 4.79 Å². The molecule has 0 N–H and O–H groups in total. The summed E-state index contributed by atoms with van der Waals surface area (Å²) in [5, 5.41) is 0.